The van der Waals surface area contributed by atoms with Crippen molar-refractivity contribution >= 4 is 16.0 Å². The van der Waals surface area contributed by atoms with Crippen molar-refractivity contribution in [1.82, 2.24) is 4.31 Å². The van der Waals surface area contributed by atoms with Gasteiger partial charge in [-0.15, -0.1) is 0 Å². The van der Waals surface area contributed by atoms with Crippen LogP contribution in [-0.4, -0.2) is 36.9 Å². The number of aryl methyl sites for hydroxylation is 2. The molecule has 5 nitrogen and oxygen atoms in total. The molecule has 1 rings (SSSR count). The van der Waals surface area contributed by atoms with Gasteiger partial charge in [0.15, 0.2) is 0 Å². The molecular weight excluding hydrogens is 266 g/mol. The summed E-state index contributed by atoms with van der Waals surface area (Å²) in [7, 11) is -2.49. The summed E-state index contributed by atoms with van der Waals surface area (Å²) in [6.07, 6.45) is 0.218. The van der Waals surface area contributed by atoms with Crippen LogP contribution in [0.1, 0.15) is 24.5 Å². The van der Waals surface area contributed by atoms with Gasteiger partial charge in [0.05, 0.1) is 4.90 Å². The average molecular weight is 285 g/mol. The van der Waals surface area contributed by atoms with Crippen molar-refractivity contribution in [1.29, 1.82) is 0 Å². The van der Waals surface area contributed by atoms with Gasteiger partial charge in [0.1, 0.15) is 6.04 Å². The van der Waals surface area contributed by atoms with Crippen molar-refractivity contribution in [3.63, 3.8) is 0 Å². The van der Waals surface area contributed by atoms with Crippen LogP contribution in [0, 0.1) is 13.8 Å². The van der Waals surface area contributed by atoms with E-state index >= 15 is 0 Å². The van der Waals surface area contributed by atoms with Crippen LogP contribution >= 0.6 is 0 Å². The zero-order valence-corrected chi connectivity index (χ0v) is 12.4. The quantitative estimate of drug-likeness (QED) is 0.895. The highest BCUT2D eigenvalue weighted by molar-refractivity contribution is 7.89. The maximum Gasteiger partial charge on any atom is 0.321 e. The fourth-order valence-corrected chi connectivity index (χ4v) is 3.58. The second-order valence-corrected chi connectivity index (χ2v) is 6.60. The lowest BCUT2D eigenvalue weighted by Crippen LogP contribution is -2.41. The molecule has 6 heteroatoms. The number of carbonyl (C=O) groups is 1. The Kier molecular flexibility index (Phi) is 4.70. The first-order chi connectivity index (χ1) is 8.70. The van der Waals surface area contributed by atoms with Gasteiger partial charge in [0, 0.05) is 7.05 Å². The molecule has 1 atom stereocenters. The van der Waals surface area contributed by atoms with E-state index in [0.717, 1.165) is 15.4 Å². The summed E-state index contributed by atoms with van der Waals surface area (Å²) in [5, 5.41) is 9.06. The Morgan fingerprint density at radius 1 is 1.26 bits per heavy atom. The van der Waals surface area contributed by atoms with Gasteiger partial charge in [0.2, 0.25) is 10.0 Å². The first-order valence-corrected chi connectivity index (χ1v) is 7.43. The van der Waals surface area contributed by atoms with E-state index in [2.05, 4.69) is 0 Å². The van der Waals surface area contributed by atoms with Gasteiger partial charge in [-0.3, -0.25) is 4.79 Å². The highest BCUT2D eigenvalue weighted by Gasteiger charge is 2.31. The standard InChI is InChI=1S/C13H19NO4S/c1-5-12(13(15)16)14(4)19(17,18)11-7-9(2)6-10(3)8-11/h6-8,12H,5H2,1-4H3,(H,15,16). The number of carboxylic acids is 1. The zero-order chi connectivity index (χ0) is 14.8. The number of carboxylic acid groups (broad SMARTS) is 1. The van der Waals surface area contributed by atoms with Gasteiger partial charge in [-0.1, -0.05) is 13.0 Å². The van der Waals surface area contributed by atoms with E-state index in [1.54, 1.807) is 32.9 Å². The first kappa shape index (κ1) is 15.7. The average Bonchev–Trinajstić information content (AvgIpc) is 2.27. The Labute approximate surface area is 113 Å². The minimum absolute atomic E-state index is 0.132. The Morgan fingerprint density at radius 2 is 1.74 bits per heavy atom. The Morgan fingerprint density at radius 3 is 2.11 bits per heavy atom. The van der Waals surface area contributed by atoms with Gasteiger partial charge in [-0.05, 0) is 43.5 Å². The lowest BCUT2D eigenvalue weighted by atomic mass is 10.2. The third-order valence-corrected chi connectivity index (χ3v) is 4.83. The van der Waals surface area contributed by atoms with Crippen LogP contribution in [0.4, 0.5) is 0 Å². The third kappa shape index (κ3) is 3.33. The Bertz CT molecular complexity index is 560. The van der Waals surface area contributed by atoms with Crippen molar-refractivity contribution in [2.45, 2.75) is 38.1 Å². The lowest BCUT2D eigenvalue weighted by molar-refractivity contribution is -0.141. The molecule has 0 saturated carbocycles. The SMILES string of the molecule is CCC(C(=O)O)N(C)S(=O)(=O)c1cc(C)cc(C)c1. The molecule has 1 aromatic carbocycles. The third-order valence-electron chi connectivity index (χ3n) is 2.98. The van der Waals surface area contributed by atoms with Gasteiger partial charge in [0.25, 0.3) is 0 Å². The smallest absolute Gasteiger partial charge is 0.321 e. The van der Waals surface area contributed by atoms with E-state index < -0.39 is 22.0 Å². The summed E-state index contributed by atoms with van der Waals surface area (Å²) >= 11 is 0. The maximum atomic E-state index is 12.4. The fraction of sp³-hybridized carbons (Fsp3) is 0.462. The molecule has 0 radical (unpaired) electrons. The Hall–Kier alpha value is -1.40. The topological polar surface area (TPSA) is 74.7 Å². The zero-order valence-electron chi connectivity index (χ0n) is 11.5. The summed E-state index contributed by atoms with van der Waals surface area (Å²) in [6.45, 7) is 5.26. The highest BCUT2D eigenvalue weighted by atomic mass is 32.2. The largest absolute Gasteiger partial charge is 0.480 e. The molecular formula is C13H19NO4S. The monoisotopic (exact) mass is 285 g/mol. The molecule has 1 aromatic rings. The number of hydrogen-bond donors (Lipinski definition) is 1. The van der Waals surface area contributed by atoms with Crippen LogP contribution in [0.15, 0.2) is 23.1 Å². The van der Waals surface area contributed by atoms with Gasteiger partial charge >= 0.3 is 5.97 Å². The van der Waals surface area contributed by atoms with Crippen LogP contribution < -0.4 is 0 Å². The van der Waals surface area contributed by atoms with E-state index in [4.69, 9.17) is 5.11 Å². The van der Waals surface area contributed by atoms with Gasteiger partial charge in [-0.25, -0.2) is 8.42 Å². The molecule has 0 aromatic heterocycles. The van der Waals surface area contributed by atoms with Crippen LogP contribution in [-0.2, 0) is 14.8 Å². The minimum atomic E-state index is -3.79. The number of rotatable bonds is 5. The van der Waals surface area contributed by atoms with Crippen LogP contribution in [0.2, 0.25) is 0 Å². The van der Waals surface area contributed by atoms with Crippen LogP contribution in [0.25, 0.3) is 0 Å². The maximum absolute atomic E-state index is 12.4. The van der Waals surface area contributed by atoms with E-state index in [1.165, 1.54) is 7.05 Å². The summed E-state index contributed by atoms with van der Waals surface area (Å²) in [5.74, 6) is -1.14. The molecule has 0 heterocycles. The number of sulfonamides is 1. The van der Waals surface area contributed by atoms with E-state index in [-0.39, 0.29) is 11.3 Å². The van der Waals surface area contributed by atoms with E-state index in [9.17, 15) is 13.2 Å². The summed E-state index contributed by atoms with van der Waals surface area (Å²) in [5.41, 5.74) is 1.66. The van der Waals surface area contributed by atoms with Crippen molar-refractivity contribution in [3.8, 4) is 0 Å². The molecule has 1 N–H and O–H groups in total. The summed E-state index contributed by atoms with van der Waals surface area (Å²) < 4.78 is 25.7. The summed E-state index contributed by atoms with van der Waals surface area (Å²) in [4.78, 5) is 11.2. The predicted octanol–water partition coefficient (Wildman–Crippen LogP) is 1.79. The van der Waals surface area contributed by atoms with Crippen molar-refractivity contribution in [2.75, 3.05) is 7.05 Å². The molecule has 0 spiro atoms. The van der Waals surface area contributed by atoms with Crippen molar-refractivity contribution < 1.29 is 18.3 Å². The van der Waals surface area contributed by atoms with Crippen molar-refractivity contribution in [2.24, 2.45) is 0 Å². The number of hydrogen-bond acceptors (Lipinski definition) is 3. The molecule has 0 bridgehead atoms. The molecule has 0 aliphatic carbocycles. The number of aliphatic carboxylic acids is 1. The van der Waals surface area contributed by atoms with Gasteiger partial charge < -0.3 is 5.11 Å². The second kappa shape index (κ2) is 5.71. The minimum Gasteiger partial charge on any atom is -0.480 e. The van der Waals surface area contributed by atoms with Crippen LogP contribution in [0.3, 0.4) is 0 Å². The number of likely N-dealkylation sites (N-methyl/N-ethyl adjacent to an activating group) is 1. The normalized spacial score (nSPS) is 13.5. The molecule has 1 unspecified atom stereocenters. The predicted molar refractivity (Wildman–Crippen MR) is 72.6 cm³/mol. The Balaban J connectivity index is 3.26. The molecule has 0 amide bonds. The lowest BCUT2D eigenvalue weighted by Gasteiger charge is -2.23. The number of nitrogens with zero attached hydrogens (tertiary/aromatic N) is 1. The molecule has 0 fully saturated rings. The summed E-state index contributed by atoms with van der Waals surface area (Å²) in [6, 6.07) is 3.92. The van der Waals surface area contributed by atoms with Crippen LogP contribution in [0.5, 0.6) is 0 Å². The van der Waals surface area contributed by atoms with Gasteiger partial charge in [-0.2, -0.15) is 4.31 Å². The highest BCUT2D eigenvalue weighted by Crippen LogP contribution is 2.20. The molecule has 0 aliphatic heterocycles. The molecule has 106 valence electrons. The van der Waals surface area contributed by atoms with E-state index in [0.29, 0.717) is 0 Å². The van der Waals surface area contributed by atoms with E-state index in [1.807, 2.05) is 6.07 Å². The molecule has 19 heavy (non-hydrogen) atoms. The first-order valence-electron chi connectivity index (χ1n) is 5.99. The molecule has 0 saturated heterocycles. The number of benzene rings is 1. The fourth-order valence-electron chi connectivity index (χ4n) is 2.00. The van der Waals surface area contributed by atoms with Crippen molar-refractivity contribution in [3.05, 3.63) is 29.3 Å². The molecule has 0 aliphatic rings. The second-order valence-electron chi connectivity index (χ2n) is 4.61.